The SMILES string of the molecule is CC(C)(Oc1ccc(Cl)cc1OCCO)C(=O)NC1C[C@H]2CC[C@@H](C1)N2c1ccc(C(=O)NCC(F)(F)F)cn1. The topological polar surface area (TPSA) is 113 Å². The molecule has 0 aliphatic carbocycles. The maximum atomic E-state index is 13.3. The van der Waals surface area contributed by atoms with Crippen molar-refractivity contribution in [3.63, 3.8) is 0 Å². The van der Waals surface area contributed by atoms with Crippen LogP contribution in [0.1, 0.15) is 49.9 Å². The van der Waals surface area contributed by atoms with E-state index in [1.54, 1.807) is 38.1 Å². The highest BCUT2D eigenvalue weighted by molar-refractivity contribution is 6.30. The van der Waals surface area contributed by atoms with Crippen LogP contribution in [0.3, 0.4) is 0 Å². The number of anilines is 1. The van der Waals surface area contributed by atoms with E-state index in [4.69, 9.17) is 26.2 Å². The van der Waals surface area contributed by atoms with Gasteiger partial charge < -0.3 is 30.1 Å². The summed E-state index contributed by atoms with van der Waals surface area (Å²) in [7, 11) is 0. The Kier molecular flexibility index (Phi) is 8.99. The summed E-state index contributed by atoms with van der Waals surface area (Å²) in [5.74, 6) is 0.170. The molecule has 3 N–H and O–H groups in total. The highest BCUT2D eigenvalue weighted by atomic mass is 35.5. The number of piperidine rings is 1. The van der Waals surface area contributed by atoms with Gasteiger partial charge in [0.2, 0.25) is 0 Å². The predicted molar refractivity (Wildman–Crippen MR) is 142 cm³/mol. The predicted octanol–water partition coefficient (Wildman–Crippen LogP) is 3.87. The van der Waals surface area contributed by atoms with Crippen molar-refractivity contribution in [1.29, 1.82) is 0 Å². The zero-order chi connectivity index (χ0) is 29.1. The lowest BCUT2D eigenvalue weighted by Gasteiger charge is -2.40. The molecule has 0 saturated carbocycles. The van der Waals surface area contributed by atoms with Crippen molar-refractivity contribution in [1.82, 2.24) is 15.6 Å². The summed E-state index contributed by atoms with van der Waals surface area (Å²) >= 11 is 6.06. The average Bonchev–Trinajstić information content (AvgIpc) is 3.16. The number of aromatic nitrogens is 1. The minimum absolute atomic E-state index is 0.0491. The lowest BCUT2D eigenvalue weighted by molar-refractivity contribution is -0.135. The smallest absolute Gasteiger partial charge is 0.405 e. The van der Waals surface area contributed by atoms with Gasteiger partial charge in [-0.1, -0.05) is 11.6 Å². The lowest BCUT2D eigenvalue weighted by atomic mass is 9.96. The molecular formula is C27H32ClF3N4O5. The Bertz CT molecular complexity index is 1200. The number of carbonyl (C=O) groups excluding carboxylic acids is 2. The molecule has 1 aromatic carbocycles. The van der Waals surface area contributed by atoms with Gasteiger partial charge in [-0.15, -0.1) is 0 Å². The van der Waals surface area contributed by atoms with Gasteiger partial charge >= 0.3 is 6.18 Å². The molecule has 2 aromatic rings. The first-order valence-electron chi connectivity index (χ1n) is 13.0. The number of benzene rings is 1. The molecular weight excluding hydrogens is 553 g/mol. The number of alkyl halides is 3. The number of rotatable bonds is 10. The Labute approximate surface area is 235 Å². The Morgan fingerprint density at radius 3 is 2.42 bits per heavy atom. The Morgan fingerprint density at radius 1 is 1.12 bits per heavy atom. The molecule has 1 aromatic heterocycles. The van der Waals surface area contributed by atoms with Crippen LogP contribution in [0.15, 0.2) is 36.5 Å². The second-order valence-electron chi connectivity index (χ2n) is 10.4. The van der Waals surface area contributed by atoms with Gasteiger partial charge in [0.05, 0.1) is 12.2 Å². The standard InChI is InChI=1S/C27H32ClF3N4O5/c1-26(2,40-21-7-4-17(28)11-22(21)39-10-9-36)25(38)34-18-12-19-5-6-20(13-18)35(19)23-8-3-16(14-32-23)24(37)33-15-27(29,30)31/h3-4,7-8,11,14,18-20,36H,5-6,9-10,12-13,15H2,1-2H3,(H,33,37)(H,34,38)/t18?,19-,20+. The first-order valence-corrected chi connectivity index (χ1v) is 13.4. The fourth-order valence-corrected chi connectivity index (χ4v) is 5.30. The molecule has 2 fully saturated rings. The van der Waals surface area contributed by atoms with Crippen LogP contribution in [0.2, 0.25) is 5.02 Å². The number of pyridine rings is 1. The van der Waals surface area contributed by atoms with Crippen LogP contribution in [0.4, 0.5) is 19.0 Å². The number of fused-ring (bicyclic) bond motifs is 2. The molecule has 0 spiro atoms. The molecule has 9 nitrogen and oxygen atoms in total. The van der Waals surface area contributed by atoms with Gasteiger partial charge in [0.15, 0.2) is 17.1 Å². The van der Waals surface area contributed by atoms with Crippen molar-refractivity contribution in [2.24, 2.45) is 0 Å². The van der Waals surface area contributed by atoms with E-state index in [0.29, 0.717) is 35.2 Å². The molecule has 2 amide bonds. The van der Waals surface area contributed by atoms with Crippen LogP contribution in [0.25, 0.3) is 0 Å². The maximum absolute atomic E-state index is 13.3. The van der Waals surface area contributed by atoms with Crippen LogP contribution in [-0.2, 0) is 4.79 Å². The number of aliphatic hydroxyl groups is 1. The molecule has 0 radical (unpaired) electrons. The van der Waals surface area contributed by atoms with Crippen molar-refractivity contribution < 1.29 is 37.3 Å². The van der Waals surface area contributed by atoms with E-state index in [0.717, 1.165) is 12.8 Å². The number of ether oxygens (including phenoxy) is 2. The second-order valence-corrected chi connectivity index (χ2v) is 10.8. The van der Waals surface area contributed by atoms with Crippen molar-refractivity contribution >= 4 is 29.2 Å². The number of nitrogens with zero attached hydrogens (tertiary/aromatic N) is 2. The van der Waals surface area contributed by atoms with E-state index in [2.05, 4.69) is 15.2 Å². The molecule has 2 bridgehead atoms. The van der Waals surface area contributed by atoms with E-state index in [1.165, 1.54) is 12.3 Å². The lowest BCUT2D eigenvalue weighted by Crippen LogP contribution is -2.55. The van der Waals surface area contributed by atoms with E-state index < -0.39 is 24.2 Å². The van der Waals surface area contributed by atoms with E-state index in [9.17, 15) is 22.8 Å². The monoisotopic (exact) mass is 584 g/mol. The Balaban J connectivity index is 1.36. The highest BCUT2D eigenvalue weighted by Crippen LogP contribution is 2.39. The van der Waals surface area contributed by atoms with Crippen LogP contribution >= 0.6 is 11.6 Å². The fourth-order valence-electron chi connectivity index (χ4n) is 5.14. The van der Waals surface area contributed by atoms with Gasteiger partial charge in [-0.25, -0.2) is 4.98 Å². The number of hydrogen-bond donors (Lipinski definition) is 3. The van der Waals surface area contributed by atoms with Crippen molar-refractivity contribution in [3.05, 3.63) is 47.1 Å². The summed E-state index contributed by atoms with van der Waals surface area (Å²) in [6.45, 7) is 1.78. The minimum Gasteiger partial charge on any atom is -0.487 e. The third-order valence-electron chi connectivity index (χ3n) is 6.96. The second kappa shape index (κ2) is 12.1. The number of hydrogen-bond acceptors (Lipinski definition) is 7. The summed E-state index contributed by atoms with van der Waals surface area (Å²) in [5.41, 5.74) is -1.18. The summed E-state index contributed by atoms with van der Waals surface area (Å²) in [6.07, 6.45) is -0.0366. The first-order chi connectivity index (χ1) is 18.9. The summed E-state index contributed by atoms with van der Waals surface area (Å²) in [5, 5.41) is 14.5. The third-order valence-corrected chi connectivity index (χ3v) is 7.19. The zero-order valence-electron chi connectivity index (χ0n) is 22.1. The molecule has 2 saturated heterocycles. The van der Waals surface area contributed by atoms with Crippen LogP contribution < -0.4 is 25.0 Å². The number of carbonyl (C=O) groups is 2. The van der Waals surface area contributed by atoms with E-state index in [1.807, 2.05) is 5.32 Å². The average molecular weight is 585 g/mol. The van der Waals surface area contributed by atoms with Gasteiger partial charge in [-0.3, -0.25) is 9.59 Å². The number of halogens is 4. The van der Waals surface area contributed by atoms with Gasteiger partial charge in [0, 0.05) is 35.4 Å². The third kappa shape index (κ3) is 7.28. The zero-order valence-corrected chi connectivity index (χ0v) is 22.9. The fraction of sp³-hybridized carbons (Fsp3) is 0.519. The molecule has 3 heterocycles. The summed E-state index contributed by atoms with van der Waals surface area (Å²) in [6, 6.07) is 8.04. The van der Waals surface area contributed by atoms with Crippen LogP contribution in [0, 0.1) is 0 Å². The van der Waals surface area contributed by atoms with E-state index in [-0.39, 0.29) is 42.8 Å². The van der Waals surface area contributed by atoms with Gasteiger partial charge in [-0.05, 0) is 63.8 Å². The quantitative estimate of drug-likeness (QED) is 0.389. The summed E-state index contributed by atoms with van der Waals surface area (Å²) < 4.78 is 48.7. The molecule has 2 aliphatic heterocycles. The molecule has 13 heteroatoms. The molecule has 1 unspecified atom stereocenters. The van der Waals surface area contributed by atoms with Gasteiger partial charge in [-0.2, -0.15) is 13.2 Å². The van der Waals surface area contributed by atoms with Crippen LogP contribution in [-0.4, -0.2) is 71.6 Å². The van der Waals surface area contributed by atoms with Gasteiger partial charge in [0.1, 0.15) is 19.0 Å². The number of aliphatic hydroxyl groups excluding tert-OH is 1. The number of amides is 2. The normalized spacial score (nSPS) is 20.7. The van der Waals surface area contributed by atoms with E-state index >= 15 is 0 Å². The highest BCUT2D eigenvalue weighted by Gasteiger charge is 2.43. The largest absolute Gasteiger partial charge is 0.487 e. The van der Waals surface area contributed by atoms with Crippen molar-refractivity contribution in [2.75, 3.05) is 24.7 Å². The minimum atomic E-state index is -4.49. The molecule has 4 rings (SSSR count). The van der Waals surface area contributed by atoms with Crippen molar-refractivity contribution in [2.45, 2.75) is 69.4 Å². The number of nitrogens with one attached hydrogen (secondary N) is 2. The first kappa shape index (κ1) is 29.7. The Hall–Kier alpha value is -3.25. The van der Waals surface area contributed by atoms with Gasteiger partial charge in [0.25, 0.3) is 11.8 Å². The molecule has 3 atom stereocenters. The molecule has 2 aliphatic rings. The van der Waals surface area contributed by atoms with Crippen molar-refractivity contribution in [3.8, 4) is 11.5 Å². The summed E-state index contributed by atoms with van der Waals surface area (Å²) in [4.78, 5) is 31.8. The van der Waals surface area contributed by atoms with Crippen LogP contribution in [0.5, 0.6) is 11.5 Å². The molecule has 40 heavy (non-hydrogen) atoms. The maximum Gasteiger partial charge on any atom is 0.405 e. The molecule has 218 valence electrons. The Morgan fingerprint density at radius 2 is 1.82 bits per heavy atom.